The molecule has 2 rings (SSSR count). The number of nitrogen functional groups attached to an aromatic ring is 2. The van der Waals surface area contributed by atoms with Crippen LogP contribution in [0.25, 0.3) is 0 Å². The largest absolute Gasteiger partial charge is 0.508 e. The van der Waals surface area contributed by atoms with Gasteiger partial charge in [0.15, 0.2) is 0 Å². The van der Waals surface area contributed by atoms with Crippen molar-refractivity contribution in [2.45, 2.75) is 13.1 Å². The highest BCUT2D eigenvalue weighted by Crippen LogP contribution is 2.21. The summed E-state index contributed by atoms with van der Waals surface area (Å²) < 4.78 is 1.48. The Morgan fingerprint density at radius 2 is 1.89 bits per heavy atom. The van der Waals surface area contributed by atoms with Gasteiger partial charge in [-0.3, -0.25) is 0 Å². The van der Waals surface area contributed by atoms with Crippen molar-refractivity contribution in [1.29, 1.82) is 0 Å². The molecule has 1 aromatic carbocycles. The summed E-state index contributed by atoms with van der Waals surface area (Å²) in [5.41, 5.74) is 13.5. The Morgan fingerprint density at radius 3 is 2.53 bits per heavy atom. The summed E-state index contributed by atoms with van der Waals surface area (Å²) in [6.07, 6.45) is 0. The van der Waals surface area contributed by atoms with E-state index in [1.165, 1.54) is 4.68 Å². The molecule has 1 aromatic heterocycles. The van der Waals surface area contributed by atoms with E-state index in [1.54, 1.807) is 24.3 Å². The number of benzene rings is 1. The molecule has 102 valence electrons. The fourth-order valence-corrected chi connectivity index (χ4v) is 1.70. The number of aliphatic hydroxyl groups is 1. The molecule has 7 heteroatoms. The molecule has 0 saturated carbocycles. The van der Waals surface area contributed by atoms with Gasteiger partial charge in [-0.2, -0.15) is 5.10 Å². The molecule has 0 aliphatic rings. The number of aliphatic hydroxyl groups excluding tert-OH is 1. The highest BCUT2D eigenvalue weighted by molar-refractivity contribution is 5.63. The quantitative estimate of drug-likeness (QED) is 0.496. The van der Waals surface area contributed by atoms with E-state index in [4.69, 9.17) is 16.6 Å². The van der Waals surface area contributed by atoms with Gasteiger partial charge in [0.2, 0.25) is 0 Å². The van der Waals surface area contributed by atoms with Crippen LogP contribution in [0.2, 0.25) is 0 Å². The fourth-order valence-electron chi connectivity index (χ4n) is 1.70. The normalized spacial score (nSPS) is 10.6. The van der Waals surface area contributed by atoms with E-state index >= 15 is 0 Å². The number of phenolic OH excluding ortho intramolecular Hbond substituents is 1. The van der Waals surface area contributed by atoms with Crippen LogP contribution < -0.4 is 16.8 Å². The SMILES string of the molecule is Nc1c(CNc2ccc(O)cc2)nn(CCO)c1N. The van der Waals surface area contributed by atoms with Crippen LogP contribution in [-0.2, 0) is 13.1 Å². The third-order valence-electron chi connectivity index (χ3n) is 2.75. The summed E-state index contributed by atoms with van der Waals surface area (Å²) in [5, 5.41) is 25.4. The predicted molar refractivity (Wildman–Crippen MR) is 73.6 cm³/mol. The van der Waals surface area contributed by atoms with Crippen molar-refractivity contribution in [1.82, 2.24) is 9.78 Å². The van der Waals surface area contributed by atoms with Crippen LogP contribution in [-0.4, -0.2) is 26.6 Å². The molecular formula is C12H17N5O2. The second-order valence-electron chi connectivity index (χ2n) is 4.09. The zero-order chi connectivity index (χ0) is 13.8. The van der Waals surface area contributed by atoms with Gasteiger partial charge < -0.3 is 27.0 Å². The Bertz CT molecular complexity index is 550. The first kappa shape index (κ1) is 13.0. The lowest BCUT2D eigenvalue weighted by atomic mass is 10.3. The molecule has 19 heavy (non-hydrogen) atoms. The molecule has 0 radical (unpaired) electrons. The third kappa shape index (κ3) is 2.89. The van der Waals surface area contributed by atoms with E-state index < -0.39 is 0 Å². The number of hydrogen-bond acceptors (Lipinski definition) is 6. The Kier molecular flexibility index (Phi) is 3.76. The minimum Gasteiger partial charge on any atom is -0.508 e. The molecule has 0 spiro atoms. The Morgan fingerprint density at radius 1 is 1.21 bits per heavy atom. The van der Waals surface area contributed by atoms with Crippen LogP contribution in [0.4, 0.5) is 17.2 Å². The molecule has 0 saturated heterocycles. The summed E-state index contributed by atoms with van der Waals surface area (Å²) in [6, 6.07) is 6.67. The van der Waals surface area contributed by atoms with Gasteiger partial charge in [0.25, 0.3) is 0 Å². The van der Waals surface area contributed by atoms with Crippen molar-refractivity contribution in [3.63, 3.8) is 0 Å². The average molecular weight is 263 g/mol. The van der Waals surface area contributed by atoms with E-state index in [-0.39, 0.29) is 12.4 Å². The molecule has 0 aliphatic carbocycles. The van der Waals surface area contributed by atoms with Crippen LogP contribution >= 0.6 is 0 Å². The van der Waals surface area contributed by atoms with Crippen LogP contribution in [0.5, 0.6) is 5.75 Å². The van der Waals surface area contributed by atoms with Crippen LogP contribution in [0.3, 0.4) is 0 Å². The molecular weight excluding hydrogens is 246 g/mol. The molecule has 0 aliphatic heterocycles. The molecule has 0 atom stereocenters. The van der Waals surface area contributed by atoms with E-state index in [2.05, 4.69) is 10.4 Å². The maximum absolute atomic E-state index is 9.18. The molecule has 0 unspecified atom stereocenters. The Balaban J connectivity index is 2.07. The van der Waals surface area contributed by atoms with Gasteiger partial charge >= 0.3 is 0 Å². The van der Waals surface area contributed by atoms with Crippen molar-refractivity contribution in [3.8, 4) is 5.75 Å². The van der Waals surface area contributed by atoms with Gasteiger partial charge in [-0.25, -0.2) is 4.68 Å². The molecule has 2 aromatic rings. The van der Waals surface area contributed by atoms with Crippen LogP contribution in [0, 0.1) is 0 Å². The lowest BCUT2D eigenvalue weighted by Gasteiger charge is -2.04. The first-order valence-electron chi connectivity index (χ1n) is 5.86. The topological polar surface area (TPSA) is 122 Å². The van der Waals surface area contributed by atoms with Crippen LogP contribution in [0.1, 0.15) is 5.69 Å². The number of nitrogens with two attached hydrogens (primary N) is 2. The van der Waals surface area contributed by atoms with E-state index in [9.17, 15) is 5.11 Å². The second-order valence-corrected chi connectivity index (χ2v) is 4.09. The first-order chi connectivity index (χ1) is 9.11. The van der Waals surface area contributed by atoms with E-state index in [1.807, 2.05) is 0 Å². The fraction of sp³-hybridized carbons (Fsp3) is 0.250. The van der Waals surface area contributed by atoms with Crippen molar-refractivity contribution < 1.29 is 10.2 Å². The van der Waals surface area contributed by atoms with Gasteiger partial charge in [0.1, 0.15) is 17.3 Å². The molecule has 0 bridgehead atoms. The number of aromatic hydroxyl groups is 1. The van der Waals surface area contributed by atoms with E-state index in [0.29, 0.717) is 30.3 Å². The number of hydrogen-bond donors (Lipinski definition) is 5. The summed E-state index contributed by atoms with van der Waals surface area (Å²) in [5.74, 6) is 0.568. The highest BCUT2D eigenvalue weighted by Gasteiger charge is 2.11. The predicted octanol–water partition coefficient (Wildman–Crippen LogP) is 0.357. The standard InChI is InChI=1S/C12H17N5O2/c13-11-10(16-17(5-6-18)12(11)14)7-15-8-1-3-9(19)4-2-8/h1-4,15,18-19H,5-7,13-14H2. The first-order valence-corrected chi connectivity index (χ1v) is 5.86. The molecule has 0 amide bonds. The number of anilines is 3. The number of nitrogens with one attached hydrogen (secondary N) is 1. The lowest BCUT2D eigenvalue weighted by Crippen LogP contribution is -2.08. The van der Waals surface area contributed by atoms with Gasteiger partial charge in [-0.05, 0) is 24.3 Å². The average Bonchev–Trinajstić information content (AvgIpc) is 2.67. The maximum atomic E-state index is 9.18. The summed E-state index contributed by atoms with van der Waals surface area (Å²) >= 11 is 0. The van der Waals surface area contributed by atoms with Crippen molar-refractivity contribution in [3.05, 3.63) is 30.0 Å². The summed E-state index contributed by atoms with van der Waals surface area (Å²) in [6.45, 7) is 0.685. The molecule has 1 heterocycles. The van der Waals surface area contributed by atoms with Gasteiger partial charge in [0.05, 0.1) is 25.4 Å². The highest BCUT2D eigenvalue weighted by atomic mass is 16.3. The number of nitrogens with zero attached hydrogens (tertiary/aromatic N) is 2. The van der Waals surface area contributed by atoms with Gasteiger partial charge in [0, 0.05) is 5.69 Å². The number of phenols is 1. The molecule has 7 N–H and O–H groups in total. The summed E-state index contributed by atoms with van der Waals surface area (Å²) in [4.78, 5) is 0. The zero-order valence-corrected chi connectivity index (χ0v) is 10.4. The van der Waals surface area contributed by atoms with Gasteiger partial charge in [-0.15, -0.1) is 0 Å². The molecule has 0 fully saturated rings. The number of rotatable bonds is 5. The minimum absolute atomic E-state index is 0.0455. The third-order valence-corrected chi connectivity index (χ3v) is 2.75. The maximum Gasteiger partial charge on any atom is 0.145 e. The minimum atomic E-state index is -0.0455. The van der Waals surface area contributed by atoms with Crippen molar-refractivity contribution >= 4 is 17.2 Å². The van der Waals surface area contributed by atoms with Crippen LogP contribution in [0.15, 0.2) is 24.3 Å². The smallest absolute Gasteiger partial charge is 0.145 e. The Hall–Kier alpha value is -2.41. The van der Waals surface area contributed by atoms with Crippen molar-refractivity contribution in [2.75, 3.05) is 23.4 Å². The number of aromatic nitrogens is 2. The monoisotopic (exact) mass is 263 g/mol. The zero-order valence-electron chi connectivity index (χ0n) is 10.4. The molecule has 7 nitrogen and oxygen atoms in total. The summed E-state index contributed by atoms with van der Waals surface area (Å²) in [7, 11) is 0. The van der Waals surface area contributed by atoms with Crippen molar-refractivity contribution in [2.24, 2.45) is 0 Å². The van der Waals surface area contributed by atoms with E-state index in [0.717, 1.165) is 5.69 Å². The lowest BCUT2D eigenvalue weighted by molar-refractivity contribution is 0.270. The Labute approximate surface area is 110 Å². The van der Waals surface area contributed by atoms with Gasteiger partial charge in [-0.1, -0.05) is 0 Å². The second kappa shape index (κ2) is 5.49.